The van der Waals surface area contributed by atoms with Gasteiger partial charge in [-0.05, 0) is 0 Å². The van der Waals surface area contributed by atoms with Gasteiger partial charge in [0.1, 0.15) is 11.4 Å². The van der Waals surface area contributed by atoms with Crippen LogP contribution in [-0.2, 0) is 16.0 Å². The van der Waals surface area contributed by atoms with Gasteiger partial charge < -0.3 is 15.2 Å². The number of nitrogens with one attached hydrogen (secondary N) is 1. The quantitative estimate of drug-likeness (QED) is 0.841. The second-order valence-corrected chi connectivity index (χ2v) is 4.75. The zero-order chi connectivity index (χ0) is 12.3. The normalized spacial score (nSPS) is 18.9. The van der Waals surface area contributed by atoms with Crippen LogP contribution in [0.1, 0.15) is 25.6 Å². The van der Waals surface area contributed by atoms with E-state index < -0.39 is 11.5 Å². The highest BCUT2D eigenvalue weighted by Crippen LogP contribution is 2.27. The van der Waals surface area contributed by atoms with Crippen molar-refractivity contribution in [3.05, 3.63) is 5.82 Å². The van der Waals surface area contributed by atoms with Crippen LogP contribution in [0.15, 0.2) is 0 Å². The average Bonchev–Trinajstić information content (AvgIpc) is 2.77. The fraction of sp³-hybridized carbons (Fsp3) is 0.700. The number of hydrogen-bond acceptors (Lipinski definition) is 6. The van der Waals surface area contributed by atoms with Gasteiger partial charge in [-0.2, -0.15) is 4.37 Å². The largest absolute Gasteiger partial charge is 0.480 e. The van der Waals surface area contributed by atoms with Crippen LogP contribution in [0.5, 0.6) is 0 Å². The zero-order valence-electron chi connectivity index (χ0n) is 9.60. The van der Waals surface area contributed by atoms with Crippen LogP contribution in [0, 0.1) is 0 Å². The molecule has 2 N–H and O–H groups in total. The molecule has 1 saturated heterocycles. The van der Waals surface area contributed by atoms with Gasteiger partial charge in [-0.15, -0.1) is 0 Å². The molecular weight excluding hydrogens is 242 g/mol. The number of carbonyl (C=O) groups is 1. The Balaban J connectivity index is 2.14. The molecule has 7 heteroatoms. The van der Waals surface area contributed by atoms with Crippen LogP contribution in [0.3, 0.4) is 0 Å². The van der Waals surface area contributed by atoms with Crippen LogP contribution in [0.2, 0.25) is 0 Å². The fourth-order valence-electron chi connectivity index (χ4n) is 1.77. The first-order valence-corrected chi connectivity index (χ1v) is 6.35. The first-order valence-electron chi connectivity index (χ1n) is 5.58. The van der Waals surface area contributed by atoms with Crippen LogP contribution < -0.4 is 5.32 Å². The minimum Gasteiger partial charge on any atom is -0.480 e. The monoisotopic (exact) mass is 257 g/mol. The molecule has 0 atom stereocenters. The number of aryl methyl sites for hydroxylation is 1. The Labute approximate surface area is 103 Å². The Morgan fingerprint density at radius 3 is 2.82 bits per heavy atom. The zero-order valence-corrected chi connectivity index (χ0v) is 10.4. The molecule has 0 aliphatic carbocycles. The number of nitrogens with zero attached hydrogens (tertiary/aromatic N) is 2. The number of aliphatic carboxylic acids is 1. The van der Waals surface area contributed by atoms with Crippen molar-refractivity contribution in [2.24, 2.45) is 0 Å². The van der Waals surface area contributed by atoms with Crippen molar-refractivity contribution in [2.45, 2.75) is 31.7 Å². The number of aromatic nitrogens is 2. The minimum absolute atomic E-state index is 0.448. The molecule has 0 radical (unpaired) electrons. The summed E-state index contributed by atoms with van der Waals surface area (Å²) in [5.74, 6) is -0.112. The van der Waals surface area contributed by atoms with Crippen molar-refractivity contribution in [2.75, 3.05) is 18.5 Å². The van der Waals surface area contributed by atoms with E-state index in [2.05, 4.69) is 14.7 Å². The topological polar surface area (TPSA) is 84.3 Å². The van der Waals surface area contributed by atoms with E-state index >= 15 is 0 Å². The summed E-state index contributed by atoms with van der Waals surface area (Å²) < 4.78 is 9.34. The summed E-state index contributed by atoms with van der Waals surface area (Å²) in [7, 11) is 0. The van der Waals surface area contributed by atoms with Gasteiger partial charge in [0.25, 0.3) is 0 Å². The highest BCUT2D eigenvalue weighted by atomic mass is 32.1. The highest BCUT2D eigenvalue weighted by molar-refractivity contribution is 7.09. The van der Waals surface area contributed by atoms with Crippen molar-refractivity contribution >= 4 is 22.6 Å². The molecule has 0 saturated carbocycles. The standard InChI is InChI=1S/C10H15N3O3S/c1-2-7-11-9(17-13-7)12-10(8(14)15)3-5-16-6-4-10/h2-6H2,1H3,(H,14,15)(H,11,12,13). The van der Waals surface area contributed by atoms with Gasteiger partial charge in [0.2, 0.25) is 5.13 Å². The maximum atomic E-state index is 11.4. The van der Waals surface area contributed by atoms with Crippen molar-refractivity contribution in [1.82, 2.24) is 9.36 Å². The molecule has 2 heterocycles. The maximum Gasteiger partial charge on any atom is 0.329 e. The lowest BCUT2D eigenvalue weighted by atomic mass is 9.90. The summed E-state index contributed by atoms with van der Waals surface area (Å²) in [4.78, 5) is 15.6. The SMILES string of the molecule is CCc1nsc(NC2(C(=O)O)CCOCC2)n1. The Kier molecular flexibility index (Phi) is 3.58. The van der Waals surface area contributed by atoms with Gasteiger partial charge in [0, 0.05) is 44.0 Å². The van der Waals surface area contributed by atoms with E-state index in [0.717, 1.165) is 12.2 Å². The summed E-state index contributed by atoms with van der Waals surface area (Å²) >= 11 is 1.21. The second-order valence-electron chi connectivity index (χ2n) is 3.99. The lowest BCUT2D eigenvalue weighted by Crippen LogP contribution is -2.50. The van der Waals surface area contributed by atoms with E-state index in [1.807, 2.05) is 6.92 Å². The van der Waals surface area contributed by atoms with Crippen molar-refractivity contribution in [3.8, 4) is 0 Å². The molecule has 0 amide bonds. The van der Waals surface area contributed by atoms with E-state index in [0.29, 0.717) is 31.2 Å². The fourth-order valence-corrected chi connectivity index (χ4v) is 2.51. The molecule has 1 aromatic rings. The van der Waals surface area contributed by atoms with E-state index in [1.54, 1.807) is 0 Å². The maximum absolute atomic E-state index is 11.4. The van der Waals surface area contributed by atoms with Gasteiger partial charge in [0.15, 0.2) is 0 Å². The van der Waals surface area contributed by atoms with Crippen LogP contribution in [0.4, 0.5) is 5.13 Å². The molecule has 1 fully saturated rings. The Hall–Kier alpha value is -1.21. The number of anilines is 1. The predicted molar refractivity (Wildman–Crippen MR) is 63.3 cm³/mol. The molecule has 0 bridgehead atoms. The molecule has 6 nitrogen and oxygen atoms in total. The van der Waals surface area contributed by atoms with E-state index in [-0.39, 0.29) is 0 Å². The average molecular weight is 257 g/mol. The van der Waals surface area contributed by atoms with E-state index in [1.165, 1.54) is 11.5 Å². The van der Waals surface area contributed by atoms with Gasteiger partial charge in [-0.25, -0.2) is 9.78 Å². The second kappa shape index (κ2) is 4.97. The van der Waals surface area contributed by atoms with E-state index in [9.17, 15) is 9.90 Å². The van der Waals surface area contributed by atoms with E-state index in [4.69, 9.17) is 4.74 Å². The van der Waals surface area contributed by atoms with Crippen LogP contribution in [0.25, 0.3) is 0 Å². The molecule has 1 aromatic heterocycles. The summed E-state index contributed by atoms with van der Waals surface area (Å²) in [5.41, 5.74) is -0.956. The first kappa shape index (κ1) is 12.3. The first-order chi connectivity index (χ1) is 8.16. The third-order valence-corrected chi connectivity index (χ3v) is 3.55. The lowest BCUT2D eigenvalue weighted by molar-refractivity contribution is -0.145. The molecule has 0 aromatic carbocycles. The third-order valence-electron chi connectivity index (χ3n) is 2.89. The van der Waals surface area contributed by atoms with Crippen molar-refractivity contribution in [3.63, 3.8) is 0 Å². The Bertz CT molecular complexity index is 401. The number of carboxylic acids is 1. The lowest BCUT2D eigenvalue weighted by Gasteiger charge is -2.33. The van der Waals surface area contributed by atoms with Crippen LogP contribution >= 0.6 is 11.5 Å². The summed E-state index contributed by atoms with van der Waals surface area (Å²) in [6.07, 6.45) is 1.65. The number of carboxylic acid groups (broad SMARTS) is 1. The molecule has 17 heavy (non-hydrogen) atoms. The van der Waals surface area contributed by atoms with Gasteiger partial charge in [-0.1, -0.05) is 6.92 Å². The third kappa shape index (κ3) is 2.55. The molecule has 2 rings (SSSR count). The Morgan fingerprint density at radius 1 is 1.59 bits per heavy atom. The highest BCUT2D eigenvalue weighted by Gasteiger charge is 2.40. The predicted octanol–water partition coefficient (Wildman–Crippen LogP) is 1.15. The molecular formula is C10H15N3O3S. The van der Waals surface area contributed by atoms with Crippen molar-refractivity contribution < 1.29 is 14.6 Å². The Morgan fingerprint density at radius 2 is 2.29 bits per heavy atom. The van der Waals surface area contributed by atoms with Gasteiger partial charge in [0.05, 0.1) is 0 Å². The van der Waals surface area contributed by atoms with Gasteiger partial charge >= 0.3 is 5.97 Å². The summed E-state index contributed by atoms with van der Waals surface area (Å²) in [6.45, 7) is 2.88. The molecule has 94 valence electrons. The smallest absolute Gasteiger partial charge is 0.329 e. The van der Waals surface area contributed by atoms with Gasteiger partial charge in [-0.3, -0.25) is 0 Å². The summed E-state index contributed by atoms with van der Waals surface area (Å²) in [6, 6.07) is 0. The number of ether oxygens (including phenoxy) is 1. The molecule has 1 aliphatic rings. The number of hydrogen-bond donors (Lipinski definition) is 2. The minimum atomic E-state index is -0.956. The summed E-state index contributed by atoms with van der Waals surface area (Å²) in [5, 5.41) is 12.9. The van der Waals surface area contributed by atoms with Crippen molar-refractivity contribution in [1.29, 1.82) is 0 Å². The molecule has 0 spiro atoms. The van der Waals surface area contributed by atoms with Crippen LogP contribution in [-0.4, -0.2) is 39.2 Å². The number of rotatable bonds is 4. The molecule has 1 aliphatic heterocycles. The molecule has 0 unspecified atom stereocenters.